The minimum absolute atomic E-state index is 0.0503. The molecule has 13 nitrogen and oxygen atoms in total. The van der Waals surface area contributed by atoms with E-state index in [1.807, 2.05) is 0 Å². The summed E-state index contributed by atoms with van der Waals surface area (Å²) in [6.45, 7) is 4.21. The predicted octanol–water partition coefficient (Wildman–Crippen LogP) is 1.20. The number of rotatable bonds is 13. The van der Waals surface area contributed by atoms with Crippen LogP contribution in [0.5, 0.6) is 0 Å². The lowest BCUT2D eigenvalue weighted by molar-refractivity contribution is -0.202. The second-order valence-corrected chi connectivity index (χ2v) is 7.69. The quantitative estimate of drug-likeness (QED) is 0.289. The van der Waals surface area contributed by atoms with Crippen molar-refractivity contribution in [2.24, 2.45) is 0 Å². The van der Waals surface area contributed by atoms with Gasteiger partial charge in [0.2, 0.25) is 0 Å². The molecule has 0 heterocycles. The summed E-state index contributed by atoms with van der Waals surface area (Å²) in [7, 11) is 0. The first-order valence-corrected chi connectivity index (χ1v) is 11.2. The van der Waals surface area contributed by atoms with Crippen molar-refractivity contribution in [3.8, 4) is 0 Å². The SMILES string of the molecule is CC(=O)OC[C@@H](OC(C)=O)[C@@H](OC(C)=O)[C@H](OC(C)=O)[C@H](CNC(=O)OCc1ccccc1)OC(C)=O. The highest BCUT2D eigenvalue weighted by molar-refractivity contribution is 5.70. The van der Waals surface area contributed by atoms with Crippen LogP contribution in [-0.4, -0.2) is 73.5 Å². The van der Waals surface area contributed by atoms with Crippen LogP contribution in [0.15, 0.2) is 30.3 Å². The number of carbonyl (C=O) groups is 6. The molecule has 0 aliphatic rings. The van der Waals surface area contributed by atoms with Gasteiger partial charge in [0.1, 0.15) is 13.2 Å². The summed E-state index contributed by atoms with van der Waals surface area (Å²) in [6, 6.07) is 8.82. The first-order chi connectivity index (χ1) is 17.4. The second-order valence-electron chi connectivity index (χ2n) is 7.69. The van der Waals surface area contributed by atoms with Crippen molar-refractivity contribution < 1.29 is 57.2 Å². The molecule has 0 saturated carbocycles. The largest absolute Gasteiger partial charge is 0.462 e. The molecular formula is C24H31NO12. The van der Waals surface area contributed by atoms with Gasteiger partial charge in [0.05, 0.1) is 6.54 Å². The summed E-state index contributed by atoms with van der Waals surface area (Å²) in [6.07, 6.45) is -6.98. The zero-order chi connectivity index (χ0) is 28.0. The molecule has 0 aromatic heterocycles. The normalized spacial score (nSPS) is 13.5. The third-order valence-corrected chi connectivity index (χ3v) is 4.41. The second kappa shape index (κ2) is 15.8. The molecule has 0 radical (unpaired) electrons. The Kier molecular flexibility index (Phi) is 13.1. The summed E-state index contributed by atoms with van der Waals surface area (Å²) < 4.78 is 31.0. The number of amides is 1. The summed E-state index contributed by atoms with van der Waals surface area (Å²) >= 11 is 0. The Morgan fingerprint density at radius 2 is 1.14 bits per heavy atom. The van der Waals surface area contributed by atoms with E-state index in [0.717, 1.165) is 40.2 Å². The maximum atomic E-state index is 12.3. The molecule has 0 aliphatic carbocycles. The van der Waals surface area contributed by atoms with Gasteiger partial charge < -0.3 is 33.7 Å². The van der Waals surface area contributed by atoms with Crippen LogP contribution >= 0.6 is 0 Å². The molecule has 4 atom stereocenters. The third-order valence-electron chi connectivity index (χ3n) is 4.41. The first-order valence-electron chi connectivity index (χ1n) is 11.2. The molecule has 1 N–H and O–H groups in total. The van der Waals surface area contributed by atoms with E-state index in [1.165, 1.54) is 0 Å². The molecule has 1 aromatic carbocycles. The lowest BCUT2D eigenvalue weighted by Gasteiger charge is -2.35. The molecule has 1 aromatic rings. The van der Waals surface area contributed by atoms with Crippen LogP contribution in [-0.2, 0) is 59.0 Å². The molecule has 0 fully saturated rings. The molecule has 0 saturated heterocycles. The number of benzene rings is 1. The van der Waals surface area contributed by atoms with Gasteiger partial charge in [-0.1, -0.05) is 30.3 Å². The summed E-state index contributed by atoms with van der Waals surface area (Å²) in [5, 5.41) is 2.39. The van der Waals surface area contributed by atoms with Gasteiger partial charge in [-0.15, -0.1) is 0 Å². The van der Waals surface area contributed by atoms with E-state index < -0.39 is 73.5 Å². The van der Waals surface area contributed by atoms with Gasteiger partial charge in [0.15, 0.2) is 24.4 Å². The van der Waals surface area contributed by atoms with Crippen molar-refractivity contribution in [2.45, 2.75) is 65.6 Å². The molecule has 37 heavy (non-hydrogen) atoms. The van der Waals surface area contributed by atoms with Gasteiger partial charge in [0.25, 0.3) is 0 Å². The predicted molar refractivity (Wildman–Crippen MR) is 123 cm³/mol. The maximum absolute atomic E-state index is 12.3. The average Bonchev–Trinajstić information content (AvgIpc) is 2.80. The van der Waals surface area contributed by atoms with Crippen molar-refractivity contribution in [2.75, 3.05) is 13.2 Å². The van der Waals surface area contributed by atoms with Gasteiger partial charge in [-0.25, -0.2) is 4.79 Å². The highest BCUT2D eigenvalue weighted by Gasteiger charge is 2.44. The highest BCUT2D eigenvalue weighted by Crippen LogP contribution is 2.20. The van der Waals surface area contributed by atoms with Crippen LogP contribution in [0.3, 0.4) is 0 Å². The molecule has 13 heteroatoms. The smallest absolute Gasteiger partial charge is 0.407 e. The number of alkyl carbamates (subject to hydrolysis) is 1. The molecule has 1 amide bonds. The lowest BCUT2D eigenvalue weighted by Crippen LogP contribution is -2.55. The molecule has 0 spiro atoms. The van der Waals surface area contributed by atoms with Crippen molar-refractivity contribution >= 4 is 35.9 Å². The Balaban J connectivity index is 3.21. The fourth-order valence-corrected chi connectivity index (χ4v) is 3.10. The maximum Gasteiger partial charge on any atom is 0.407 e. The van der Waals surface area contributed by atoms with E-state index in [-0.39, 0.29) is 6.61 Å². The Labute approximate surface area is 213 Å². The van der Waals surface area contributed by atoms with Crippen molar-refractivity contribution in [1.82, 2.24) is 5.32 Å². The van der Waals surface area contributed by atoms with Gasteiger partial charge >= 0.3 is 35.9 Å². The number of hydrogen-bond acceptors (Lipinski definition) is 12. The Bertz CT molecular complexity index is 948. The highest BCUT2D eigenvalue weighted by atomic mass is 16.6. The fourth-order valence-electron chi connectivity index (χ4n) is 3.10. The summed E-state index contributed by atoms with van der Waals surface area (Å²) in [5.41, 5.74) is 0.719. The molecule has 0 aliphatic heterocycles. The minimum atomic E-state index is -1.60. The van der Waals surface area contributed by atoms with Gasteiger partial charge in [-0.3, -0.25) is 24.0 Å². The molecule has 0 bridgehead atoms. The fraction of sp³-hybridized carbons (Fsp3) is 0.500. The topological polar surface area (TPSA) is 170 Å². The van der Waals surface area contributed by atoms with Gasteiger partial charge in [-0.2, -0.15) is 0 Å². The number of carbonyl (C=O) groups excluding carboxylic acids is 6. The van der Waals surface area contributed by atoms with E-state index in [1.54, 1.807) is 30.3 Å². The van der Waals surface area contributed by atoms with Crippen LogP contribution in [0, 0.1) is 0 Å². The zero-order valence-electron chi connectivity index (χ0n) is 21.2. The third kappa shape index (κ3) is 12.9. The first kappa shape index (κ1) is 30.9. The van der Waals surface area contributed by atoms with E-state index in [0.29, 0.717) is 0 Å². The van der Waals surface area contributed by atoms with Crippen molar-refractivity contribution in [3.05, 3.63) is 35.9 Å². The number of esters is 5. The van der Waals surface area contributed by atoms with Gasteiger partial charge in [-0.05, 0) is 5.56 Å². The zero-order valence-corrected chi connectivity index (χ0v) is 21.2. The molecule has 204 valence electrons. The Morgan fingerprint density at radius 1 is 0.649 bits per heavy atom. The van der Waals surface area contributed by atoms with Crippen molar-refractivity contribution in [1.29, 1.82) is 0 Å². The van der Waals surface area contributed by atoms with Crippen LogP contribution in [0.2, 0.25) is 0 Å². The summed E-state index contributed by atoms with van der Waals surface area (Å²) in [5.74, 6) is -4.14. The molecule has 1 rings (SSSR count). The van der Waals surface area contributed by atoms with Crippen molar-refractivity contribution in [3.63, 3.8) is 0 Å². The minimum Gasteiger partial charge on any atom is -0.462 e. The lowest BCUT2D eigenvalue weighted by atomic mass is 10.0. The van der Waals surface area contributed by atoms with E-state index in [2.05, 4.69) is 5.32 Å². The summed E-state index contributed by atoms with van der Waals surface area (Å²) in [4.78, 5) is 71.0. The molecule has 0 unspecified atom stereocenters. The average molecular weight is 526 g/mol. The Hall–Kier alpha value is -4.16. The standard InChI is InChI=1S/C24H31NO12/c1-14(26)32-13-21(35-16(3)28)23(37-18(5)30)22(36-17(4)29)20(34-15(2)27)11-25-24(31)33-12-19-9-7-6-8-10-19/h6-10,20-23H,11-13H2,1-5H3,(H,25,31)/t20-,21+,22+,23+/m0/s1. The monoisotopic (exact) mass is 525 g/mol. The molecular weight excluding hydrogens is 494 g/mol. The van der Waals surface area contributed by atoms with Crippen LogP contribution in [0.25, 0.3) is 0 Å². The number of nitrogens with one attached hydrogen (secondary N) is 1. The van der Waals surface area contributed by atoms with E-state index >= 15 is 0 Å². The van der Waals surface area contributed by atoms with E-state index in [4.69, 9.17) is 28.4 Å². The van der Waals surface area contributed by atoms with Crippen LogP contribution in [0.1, 0.15) is 40.2 Å². The Morgan fingerprint density at radius 3 is 1.62 bits per heavy atom. The van der Waals surface area contributed by atoms with Crippen LogP contribution in [0.4, 0.5) is 4.79 Å². The van der Waals surface area contributed by atoms with Gasteiger partial charge in [0, 0.05) is 34.6 Å². The van der Waals surface area contributed by atoms with E-state index in [9.17, 15) is 28.8 Å². The number of ether oxygens (including phenoxy) is 6. The number of hydrogen-bond donors (Lipinski definition) is 1. The van der Waals surface area contributed by atoms with Crippen LogP contribution < -0.4 is 5.32 Å².